The topological polar surface area (TPSA) is 45.8 Å². The molecule has 2 aromatic rings. The summed E-state index contributed by atoms with van der Waals surface area (Å²) in [6, 6.07) is 5.76. The minimum absolute atomic E-state index is 0.737. The standard InChI is InChI=1S/C12H10N2O/c1-7-11-5-9-4-8(6-15)2-3-10(9)12(11)14-13-7/h2-4,6H,5H2,1H3,(H,13,14). The minimum Gasteiger partial charge on any atom is -0.298 e. The van der Waals surface area contributed by atoms with E-state index in [4.69, 9.17) is 0 Å². The number of aromatic nitrogens is 2. The number of nitrogens with one attached hydrogen (secondary N) is 1. The molecule has 0 radical (unpaired) electrons. The van der Waals surface area contributed by atoms with E-state index in [1.807, 2.05) is 25.1 Å². The second-order valence-corrected chi connectivity index (χ2v) is 3.89. The summed E-state index contributed by atoms with van der Waals surface area (Å²) in [4.78, 5) is 10.7. The van der Waals surface area contributed by atoms with Gasteiger partial charge in [0.25, 0.3) is 0 Å². The normalized spacial score (nSPS) is 12.3. The summed E-state index contributed by atoms with van der Waals surface area (Å²) in [5.74, 6) is 0. The van der Waals surface area contributed by atoms with Crippen molar-refractivity contribution in [3.8, 4) is 11.3 Å². The molecule has 1 N–H and O–H groups in total. The molecule has 3 rings (SSSR count). The molecule has 0 amide bonds. The number of aldehydes is 1. The Labute approximate surface area is 87.1 Å². The van der Waals surface area contributed by atoms with Gasteiger partial charge >= 0.3 is 0 Å². The monoisotopic (exact) mass is 198 g/mol. The second kappa shape index (κ2) is 2.79. The van der Waals surface area contributed by atoms with Crippen LogP contribution in [-0.2, 0) is 6.42 Å². The van der Waals surface area contributed by atoms with Crippen molar-refractivity contribution >= 4 is 6.29 Å². The van der Waals surface area contributed by atoms with Crippen LogP contribution in [0.5, 0.6) is 0 Å². The van der Waals surface area contributed by atoms with E-state index in [9.17, 15) is 4.79 Å². The molecule has 0 unspecified atom stereocenters. The number of hydrogen-bond acceptors (Lipinski definition) is 2. The first-order valence-electron chi connectivity index (χ1n) is 4.92. The van der Waals surface area contributed by atoms with Gasteiger partial charge in [-0.25, -0.2) is 0 Å². The largest absolute Gasteiger partial charge is 0.298 e. The van der Waals surface area contributed by atoms with Crippen molar-refractivity contribution in [1.29, 1.82) is 0 Å². The number of hydrogen-bond donors (Lipinski definition) is 1. The Balaban J connectivity index is 2.22. The van der Waals surface area contributed by atoms with Crippen LogP contribution in [-0.4, -0.2) is 16.5 Å². The first-order chi connectivity index (χ1) is 7.29. The van der Waals surface area contributed by atoms with Gasteiger partial charge in [0.05, 0.1) is 5.69 Å². The van der Waals surface area contributed by atoms with Gasteiger partial charge in [0, 0.05) is 28.8 Å². The van der Waals surface area contributed by atoms with Crippen LogP contribution in [0.15, 0.2) is 18.2 Å². The van der Waals surface area contributed by atoms with E-state index in [0.717, 1.165) is 35.2 Å². The molecule has 0 saturated carbocycles. The van der Waals surface area contributed by atoms with Crippen LogP contribution < -0.4 is 0 Å². The predicted octanol–water partition coefficient (Wildman–Crippen LogP) is 2.10. The molecule has 1 heterocycles. The zero-order valence-corrected chi connectivity index (χ0v) is 8.37. The van der Waals surface area contributed by atoms with E-state index in [1.54, 1.807) is 0 Å². The molecule has 1 aliphatic rings. The number of fused-ring (bicyclic) bond motifs is 3. The van der Waals surface area contributed by atoms with Crippen LogP contribution in [0.4, 0.5) is 0 Å². The Bertz CT molecular complexity index is 555. The van der Waals surface area contributed by atoms with E-state index in [-0.39, 0.29) is 0 Å². The summed E-state index contributed by atoms with van der Waals surface area (Å²) in [5.41, 5.74) is 6.51. The summed E-state index contributed by atoms with van der Waals surface area (Å²) >= 11 is 0. The van der Waals surface area contributed by atoms with E-state index in [2.05, 4.69) is 10.2 Å². The van der Waals surface area contributed by atoms with Crippen molar-refractivity contribution in [2.24, 2.45) is 0 Å². The molecule has 3 nitrogen and oxygen atoms in total. The number of aromatic amines is 1. The lowest BCUT2D eigenvalue weighted by atomic mass is 10.1. The molecule has 3 heteroatoms. The van der Waals surface area contributed by atoms with Crippen molar-refractivity contribution < 1.29 is 4.79 Å². The van der Waals surface area contributed by atoms with Gasteiger partial charge in [0.1, 0.15) is 6.29 Å². The second-order valence-electron chi connectivity index (χ2n) is 3.89. The minimum atomic E-state index is 0.737. The van der Waals surface area contributed by atoms with E-state index in [1.165, 1.54) is 11.1 Å². The molecule has 0 fully saturated rings. The SMILES string of the molecule is Cc1[nH]nc2c1Cc1cc(C=O)ccc1-2. The highest BCUT2D eigenvalue weighted by Crippen LogP contribution is 2.36. The van der Waals surface area contributed by atoms with Gasteiger partial charge in [-0.15, -0.1) is 0 Å². The number of nitrogens with zero attached hydrogens (tertiary/aromatic N) is 1. The van der Waals surface area contributed by atoms with Crippen LogP contribution in [0.1, 0.15) is 27.2 Å². The number of benzene rings is 1. The van der Waals surface area contributed by atoms with Crippen molar-refractivity contribution in [3.63, 3.8) is 0 Å². The Morgan fingerprint density at radius 2 is 2.33 bits per heavy atom. The molecule has 0 saturated heterocycles. The summed E-state index contributed by atoms with van der Waals surface area (Å²) < 4.78 is 0. The molecule has 0 bridgehead atoms. The van der Waals surface area contributed by atoms with Crippen molar-refractivity contribution in [1.82, 2.24) is 10.2 Å². The van der Waals surface area contributed by atoms with Gasteiger partial charge < -0.3 is 0 Å². The highest BCUT2D eigenvalue weighted by molar-refractivity contribution is 5.81. The van der Waals surface area contributed by atoms with Crippen LogP contribution in [0.25, 0.3) is 11.3 Å². The summed E-state index contributed by atoms with van der Waals surface area (Å²) in [6.45, 7) is 2.03. The molecule has 1 aromatic heterocycles. The van der Waals surface area contributed by atoms with Gasteiger partial charge in [0.15, 0.2) is 0 Å². The third kappa shape index (κ3) is 1.06. The van der Waals surface area contributed by atoms with Gasteiger partial charge in [-0.2, -0.15) is 5.10 Å². The first kappa shape index (κ1) is 8.41. The molecular weight excluding hydrogens is 188 g/mol. The predicted molar refractivity (Wildman–Crippen MR) is 57.0 cm³/mol. The molecule has 0 aliphatic heterocycles. The fraction of sp³-hybridized carbons (Fsp3) is 0.167. The fourth-order valence-corrected chi connectivity index (χ4v) is 2.15. The highest BCUT2D eigenvalue weighted by atomic mass is 16.1. The van der Waals surface area contributed by atoms with Gasteiger partial charge in [0.2, 0.25) is 0 Å². The Morgan fingerprint density at radius 3 is 3.13 bits per heavy atom. The Morgan fingerprint density at radius 1 is 1.47 bits per heavy atom. The lowest BCUT2D eigenvalue weighted by Crippen LogP contribution is -1.87. The van der Waals surface area contributed by atoms with Crippen LogP contribution in [0.2, 0.25) is 0 Å². The molecular formula is C12H10N2O. The summed E-state index contributed by atoms with van der Waals surface area (Å²) in [6.07, 6.45) is 1.77. The van der Waals surface area contributed by atoms with Crippen molar-refractivity contribution in [3.05, 3.63) is 40.6 Å². The number of rotatable bonds is 1. The van der Waals surface area contributed by atoms with E-state index in [0.29, 0.717) is 0 Å². The molecule has 0 spiro atoms. The highest BCUT2D eigenvalue weighted by Gasteiger charge is 2.22. The number of aryl methyl sites for hydroxylation is 1. The maximum absolute atomic E-state index is 10.7. The third-order valence-corrected chi connectivity index (χ3v) is 2.96. The maximum atomic E-state index is 10.7. The van der Waals surface area contributed by atoms with Crippen LogP contribution in [0.3, 0.4) is 0 Å². The van der Waals surface area contributed by atoms with E-state index < -0.39 is 0 Å². The number of H-pyrrole nitrogens is 1. The molecule has 74 valence electrons. The van der Waals surface area contributed by atoms with Crippen LogP contribution >= 0.6 is 0 Å². The Hall–Kier alpha value is -1.90. The lowest BCUT2D eigenvalue weighted by Gasteiger charge is -1.99. The Kier molecular flexibility index (Phi) is 1.57. The van der Waals surface area contributed by atoms with Crippen molar-refractivity contribution in [2.75, 3.05) is 0 Å². The van der Waals surface area contributed by atoms with Crippen molar-refractivity contribution in [2.45, 2.75) is 13.3 Å². The quantitative estimate of drug-likeness (QED) is 0.608. The molecule has 1 aromatic carbocycles. The molecule has 0 atom stereocenters. The van der Waals surface area contributed by atoms with Gasteiger partial charge in [-0.05, 0) is 18.6 Å². The average molecular weight is 198 g/mol. The lowest BCUT2D eigenvalue weighted by molar-refractivity contribution is 0.112. The number of carbonyl (C=O) groups is 1. The van der Waals surface area contributed by atoms with Crippen LogP contribution in [0, 0.1) is 6.92 Å². The molecule has 15 heavy (non-hydrogen) atoms. The average Bonchev–Trinajstić information content (AvgIpc) is 2.78. The van der Waals surface area contributed by atoms with E-state index >= 15 is 0 Å². The summed E-state index contributed by atoms with van der Waals surface area (Å²) in [5, 5.41) is 7.27. The number of carbonyl (C=O) groups excluding carboxylic acids is 1. The smallest absolute Gasteiger partial charge is 0.150 e. The maximum Gasteiger partial charge on any atom is 0.150 e. The zero-order valence-electron chi connectivity index (χ0n) is 8.37. The summed E-state index contributed by atoms with van der Waals surface area (Å²) in [7, 11) is 0. The molecule has 1 aliphatic carbocycles. The van der Waals surface area contributed by atoms with Gasteiger partial charge in [-0.3, -0.25) is 9.89 Å². The zero-order chi connectivity index (χ0) is 10.4. The first-order valence-corrected chi connectivity index (χ1v) is 4.92. The van der Waals surface area contributed by atoms with Gasteiger partial charge in [-0.1, -0.05) is 12.1 Å². The fourth-order valence-electron chi connectivity index (χ4n) is 2.15. The third-order valence-electron chi connectivity index (χ3n) is 2.96.